The Morgan fingerprint density at radius 1 is 1.25 bits per heavy atom. The van der Waals surface area contributed by atoms with Gasteiger partial charge in [-0.1, -0.05) is 24.3 Å². The van der Waals surface area contributed by atoms with E-state index in [-0.39, 0.29) is 4.88 Å². The van der Waals surface area contributed by atoms with Crippen molar-refractivity contribution in [2.75, 3.05) is 6.54 Å². The van der Waals surface area contributed by atoms with Crippen molar-refractivity contribution in [1.29, 1.82) is 0 Å². The summed E-state index contributed by atoms with van der Waals surface area (Å²) >= 11 is 0.352. The van der Waals surface area contributed by atoms with Crippen LogP contribution in [0.25, 0.3) is 0 Å². The van der Waals surface area contributed by atoms with Crippen LogP contribution < -0.4 is 5.73 Å². The first kappa shape index (κ1) is 14.7. The number of hydrogen-bond donors (Lipinski definition) is 1. The Labute approximate surface area is 117 Å². The zero-order chi connectivity index (χ0) is 14.8. The van der Waals surface area contributed by atoms with Gasteiger partial charge < -0.3 is 5.73 Å². The summed E-state index contributed by atoms with van der Waals surface area (Å²) in [5.74, 6) is -0.461. The van der Waals surface area contributed by atoms with E-state index in [1.165, 1.54) is 0 Å². The van der Waals surface area contributed by atoms with E-state index in [1.807, 2.05) is 0 Å². The zero-order valence-corrected chi connectivity index (χ0v) is 11.1. The summed E-state index contributed by atoms with van der Waals surface area (Å²) in [5, 5.41) is -1.01. The minimum atomic E-state index is -4.52. The van der Waals surface area contributed by atoms with Crippen LogP contribution in [-0.2, 0) is 12.6 Å². The van der Waals surface area contributed by atoms with E-state index in [2.05, 4.69) is 4.98 Å². The fourth-order valence-corrected chi connectivity index (χ4v) is 2.39. The van der Waals surface area contributed by atoms with E-state index in [4.69, 9.17) is 5.73 Å². The number of carbonyl (C=O) groups is 1. The van der Waals surface area contributed by atoms with Crippen LogP contribution >= 0.6 is 11.3 Å². The molecule has 3 nitrogen and oxygen atoms in total. The van der Waals surface area contributed by atoms with Gasteiger partial charge in [0.05, 0.1) is 4.88 Å². The molecule has 0 unspecified atom stereocenters. The maximum Gasteiger partial charge on any atom is 0.443 e. The van der Waals surface area contributed by atoms with Gasteiger partial charge in [-0.2, -0.15) is 13.2 Å². The highest BCUT2D eigenvalue weighted by Crippen LogP contribution is 2.33. The second-order valence-electron chi connectivity index (χ2n) is 4.09. The lowest BCUT2D eigenvalue weighted by Gasteiger charge is -2.01. The van der Waals surface area contributed by atoms with E-state index in [0.717, 1.165) is 11.8 Å². The summed E-state index contributed by atoms with van der Waals surface area (Å²) in [5.41, 5.74) is 6.73. The molecule has 0 fully saturated rings. The average molecular weight is 300 g/mol. The maximum atomic E-state index is 12.4. The van der Waals surface area contributed by atoms with Gasteiger partial charge in [-0.15, -0.1) is 11.3 Å². The molecular formula is C13H11F3N2OS. The Hall–Kier alpha value is -1.73. The molecule has 1 heterocycles. The molecule has 20 heavy (non-hydrogen) atoms. The molecule has 2 rings (SSSR count). The van der Waals surface area contributed by atoms with Crippen LogP contribution in [0.1, 0.15) is 25.8 Å². The summed E-state index contributed by atoms with van der Waals surface area (Å²) < 4.78 is 37.3. The monoisotopic (exact) mass is 300 g/mol. The van der Waals surface area contributed by atoms with Crippen molar-refractivity contribution in [2.45, 2.75) is 12.6 Å². The molecular weight excluding hydrogens is 289 g/mol. The lowest BCUT2D eigenvalue weighted by molar-refractivity contribution is -0.137. The molecule has 0 spiro atoms. The number of halogens is 3. The predicted molar refractivity (Wildman–Crippen MR) is 69.7 cm³/mol. The van der Waals surface area contributed by atoms with Crippen LogP contribution in [0.15, 0.2) is 30.5 Å². The van der Waals surface area contributed by atoms with Crippen LogP contribution in [0.2, 0.25) is 0 Å². The summed E-state index contributed by atoms with van der Waals surface area (Å²) in [4.78, 5) is 15.2. The Bertz CT molecular complexity index is 605. The van der Waals surface area contributed by atoms with Gasteiger partial charge in [0, 0.05) is 11.8 Å². The number of benzene rings is 1. The van der Waals surface area contributed by atoms with Gasteiger partial charge in [0.15, 0.2) is 5.01 Å². The Balaban J connectivity index is 2.20. The fraction of sp³-hybridized carbons (Fsp3) is 0.231. The third-order valence-corrected chi connectivity index (χ3v) is 3.66. The van der Waals surface area contributed by atoms with Crippen molar-refractivity contribution in [1.82, 2.24) is 4.98 Å². The molecule has 0 aliphatic heterocycles. The number of thiazole rings is 1. The standard InChI is InChI=1S/C13H11F3N2OS/c14-13(15,16)12-18-7-10(20-12)11(19)9-3-1-8(2-4-9)5-6-17/h1-4,7H,5-6,17H2. The number of nitrogens with zero attached hydrogens (tertiary/aromatic N) is 1. The van der Waals surface area contributed by atoms with Crippen LogP contribution in [-0.4, -0.2) is 17.3 Å². The SMILES string of the molecule is NCCc1ccc(C(=O)c2cnc(C(F)(F)F)s2)cc1. The molecule has 0 aliphatic rings. The highest BCUT2D eigenvalue weighted by Gasteiger charge is 2.35. The first-order chi connectivity index (χ1) is 9.41. The summed E-state index contributed by atoms with van der Waals surface area (Å²) in [6, 6.07) is 6.65. The number of ketones is 1. The summed E-state index contributed by atoms with van der Waals surface area (Å²) in [7, 11) is 0. The molecule has 0 amide bonds. The second kappa shape index (κ2) is 5.72. The second-order valence-corrected chi connectivity index (χ2v) is 5.12. The average Bonchev–Trinajstić information content (AvgIpc) is 2.89. The van der Waals surface area contributed by atoms with Crippen molar-refractivity contribution < 1.29 is 18.0 Å². The number of nitrogens with two attached hydrogens (primary N) is 1. The summed E-state index contributed by atoms with van der Waals surface area (Å²) in [6.45, 7) is 0.497. The van der Waals surface area contributed by atoms with Crippen LogP contribution in [0.5, 0.6) is 0 Å². The minimum absolute atomic E-state index is 0.0242. The Morgan fingerprint density at radius 3 is 2.40 bits per heavy atom. The molecule has 0 saturated carbocycles. The zero-order valence-electron chi connectivity index (χ0n) is 10.3. The maximum absolute atomic E-state index is 12.4. The number of aromatic nitrogens is 1. The minimum Gasteiger partial charge on any atom is -0.330 e. The normalized spacial score (nSPS) is 11.6. The van der Waals surface area contributed by atoms with E-state index in [1.54, 1.807) is 24.3 Å². The van der Waals surface area contributed by atoms with Gasteiger partial charge in [0.2, 0.25) is 5.78 Å². The molecule has 0 aliphatic carbocycles. The highest BCUT2D eigenvalue weighted by atomic mass is 32.1. The molecule has 0 bridgehead atoms. The van der Waals surface area contributed by atoms with Gasteiger partial charge in [0.1, 0.15) is 0 Å². The van der Waals surface area contributed by atoms with Gasteiger partial charge in [0.25, 0.3) is 0 Å². The lowest BCUT2D eigenvalue weighted by Crippen LogP contribution is -2.04. The number of carbonyl (C=O) groups excluding carboxylic acids is 1. The predicted octanol–water partition coefficient (Wildman–Crippen LogP) is 2.89. The smallest absolute Gasteiger partial charge is 0.330 e. The number of rotatable bonds is 4. The molecule has 1 aromatic heterocycles. The van der Waals surface area contributed by atoms with Crippen molar-refractivity contribution in [2.24, 2.45) is 5.73 Å². The molecule has 0 radical (unpaired) electrons. The van der Waals surface area contributed by atoms with E-state index >= 15 is 0 Å². The molecule has 7 heteroatoms. The van der Waals surface area contributed by atoms with E-state index in [0.29, 0.717) is 29.9 Å². The lowest BCUT2D eigenvalue weighted by atomic mass is 10.1. The van der Waals surface area contributed by atoms with Gasteiger partial charge in [-0.3, -0.25) is 4.79 Å². The van der Waals surface area contributed by atoms with Crippen molar-refractivity contribution in [3.8, 4) is 0 Å². The number of alkyl halides is 3. The molecule has 0 saturated heterocycles. The van der Waals surface area contributed by atoms with E-state index in [9.17, 15) is 18.0 Å². The molecule has 0 atom stereocenters. The first-order valence-electron chi connectivity index (χ1n) is 5.78. The molecule has 2 N–H and O–H groups in total. The van der Waals surface area contributed by atoms with Crippen LogP contribution in [0.3, 0.4) is 0 Å². The molecule has 1 aromatic carbocycles. The van der Waals surface area contributed by atoms with Crippen molar-refractivity contribution in [3.63, 3.8) is 0 Å². The fourth-order valence-electron chi connectivity index (χ4n) is 1.64. The van der Waals surface area contributed by atoms with Crippen molar-refractivity contribution in [3.05, 3.63) is 51.5 Å². The van der Waals surface area contributed by atoms with Crippen LogP contribution in [0.4, 0.5) is 13.2 Å². The topological polar surface area (TPSA) is 56.0 Å². The first-order valence-corrected chi connectivity index (χ1v) is 6.60. The summed E-state index contributed by atoms with van der Waals surface area (Å²) in [6.07, 6.45) is -2.87. The van der Waals surface area contributed by atoms with E-state index < -0.39 is 17.0 Å². The largest absolute Gasteiger partial charge is 0.443 e. The molecule has 2 aromatic rings. The third kappa shape index (κ3) is 3.23. The Morgan fingerprint density at radius 2 is 1.90 bits per heavy atom. The quantitative estimate of drug-likeness (QED) is 0.883. The molecule has 106 valence electrons. The Kier molecular flexibility index (Phi) is 4.20. The highest BCUT2D eigenvalue weighted by molar-refractivity contribution is 7.13. The van der Waals surface area contributed by atoms with Gasteiger partial charge in [-0.05, 0) is 18.5 Å². The third-order valence-electron chi connectivity index (χ3n) is 2.62. The van der Waals surface area contributed by atoms with Gasteiger partial charge in [-0.25, -0.2) is 4.98 Å². The van der Waals surface area contributed by atoms with Crippen molar-refractivity contribution >= 4 is 17.1 Å². The van der Waals surface area contributed by atoms with Gasteiger partial charge >= 0.3 is 6.18 Å². The number of hydrogen-bond acceptors (Lipinski definition) is 4. The van der Waals surface area contributed by atoms with Crippen LogP contribution in [0, 0.1) is 0 Å².